The number of rotatable bonds is 5. The molecule has 98 valence electrons. The highest BCUT2D eigenvalue weighted by Crippen LogP contribution is 2.17. The zero-order chi connectivity index (χ0) is 13.9. The second-order valence-corrected chi connectivity index (χ2v) is 4.81. The molecule has 0 radical (unpaired) electrons. The van der Waals surface area contributed by atoms with Crippen LogP contribution in [0.15, 0.2) is 0 Å². The molecule has 0 saturated heterocycles. The lowest BCUT2D eigenvalue weighted by molar-refractivity contribution is -0.145. The van der Waals surface area contributed by atoms with Crippen molar-refractivity contribution in [2.45, 2.75) is 26.3 Å². The molecule has 8 heteroatoms. The fourth-order valence-corrected chi connectivity index (χ4v) is 2.16. The molecular formula is C10H12N2O5S. The zero-order valence-electron chi connectivity index (χ0n) is 9.76. The predicted octanol–water partition coefficient (Wildman–Crippen LogP) is 0.418. The highest BCUT2D eigenvalue weighted by Gasteiger charge is 2.25. The van der Waals surface area contributed by atoms with E-state index in [1.165, 1.54) is 0 Å². The van der Waals surface area contributed by atoms with Gasteiger partial charge in [0.2, 0.25) is 0 Å². The number of nitrogens with zero attached hydrogens (tertiary/aromatic N) is 1. The molecule has 0 bridgehead atoms. The van der Waals surface area contributed by atoms with Crippen LogP contribution in [0.1, 0.15) is 26.8 Å². The Labute approximate surface area is 106 Å². The van der Waals surface area contributed by atoms with Crippen LogP contribution in [0.5, 0.6) is 0 Å². The van der Waals surface area contributed by atoms with Crippen LogP contribution in [-0.4, -0.2) is 39.1 Å². The summed E-state index contributed by atoms with van der Waals surface area (Å²) in [5.41, 5.74) is 0.495. The van der Waals surface area contributed by atoms with E-state index in [1.54, 1.807) is 13.8 Å². The largest absolute Gasteiger partial charge is 0.481 e. The van der Waals surface area contributed by atoms with Crippen molar-refractivity contribution in [2.75, 3.05) is 0 Å². The fourth-order valence-electron chi connectivity index (χ4n) is 1.34. The minimum absolute atomic E-state index is 0.295. The normalized spacial score (nSPS) is 11.9. The minimum Gasteiger partial charge on any atom is -0.481 e. The second kappa shape index (κ2) is 5.58. The molecule has 3 N–H and O–H groups in total. The van der Waals surface area contributed by atoms with E-state index < -0.39 is 30.3 Å². The van der Waals surface area contributed by atoms with Crippen molar-refractivity contribution in [3.63, 3.8) is 0 Å². The molecule has 1 aromatic heterocycles. The average Bonchev–Trinajstić information content (AvgIpc) is 2.56. The van der Waals surface area contributed by atoms with Crippen molar-refractivity contribution in [2.24, 2.45) is 0 Å². The van der Waals surface area contributed by atoms with E-state index in [9.17, 15) is 14.4 Å². The lowest BCUT2D eigenvalue weighted by Gasteiger charge is -2.11. The van der Waals surface area contributed by atoms with E-state index in [0.29, 0.717) is 15.6 Å². The Hall–Kier alpha value is -1.96. The first-order chi connectivity index (χ1) is 8.31. The molecule has 1 rings (SSSR count). The molecule has 0 spiro atoms. The summed E-state index contributed by atoms with van der Waals surface area (Å²) in [6.07, 6.45) is -0.669. The van der Waals surface area contributed by atoms with Crippen molar-refractivity contribution in [1.82, 2.24) is 10.3 Å². The minimum atomic E-state index is -1.45. The summed E-state index contributed by atoms with van der Waals surface area (Å²) in [5, 5.41) is 20.2. The Kier molecular flexibility index (Phi) is 4.38. The molecule has 1 aromatic rings. The Morgan fingerprint density at radius 2 is 1.94 bits per heavy atom. The summed E-state index contributed by atoms with van der Waals surface area (Å²) >= 11 is 1.13. The maximum absolute atomic E-state index is 11.8. The van der Waals surface area contributed by atoms with Crippen LogP contribution in [0, 0.1) is 13.8 Å². The number of carboxylic acid groups (broad SMARTS) is 2. The number of nitrogens with one attached hydrogen (secondary N) is 1. The quantitative estimate of drug-likeness (QED) is 0.715. The number of aliphatic carboxylic acids is 2. The Bertz CT molecular complexity index is 496. The van der Waals surface area contributed by atoms with Gasteiger partial charge in [0.15, 0.2) is 0 Å². The van der Waals surface area contributed by atoms with E-state index in [-0.39, 0.29) is 0 Å². The predicted molar refractivity (Wildman–Crippen MR) is 62.7 cm³/mol. The molecule has 7 nitrogen and oxygen atoms in total. The van der Waals surface area contributed by atoms with Crippen LogP contribution in [0.4, 0.5) is 0 Å². The molecule has 18 heavy (non-hydrogen) atoms. The summed E-state index contributed by atoms with van der Waals surface area (Å²) in [7, 11) is 0. The van der Waals surface area contributed by atoms with Gasteiger partial charge in [-0.05, 0) is 13.8 Å². The number of hydrogen-bond donors (Lipinski definition) is 3. The second-order valence-electron chi connectivity index (χ2n) is 3.61. The van der Waals surface area contributed by atoms with Gasteiger partial charge in [0.1, 0.15) is 10.9 Å². The molecule has 1 amide bonds. The Balaban J connectivity index is 2.81. The summed E-state index contributed by atoms with van der Waals surface area (Å²) in [6, 6.07) is -1.45. The molecular weight excluding hydrogens is 260 g/mol. The monoisotopic (exact) mass is 272 g/mol. The number of carboxylic acids is 2. The van der Waals surface area contributed by atoms with Gasteiger partial charge in [-0.15, -0.1) is 11.3 Å². The number of aryl methyl sites for hydroxylation is 2. The number of carbonyl (C=O) groups is 3. The zero-order valence-corrected chi connectivity index (χ0v) is 10.6. The number of aromatic nitrogens is 1. The van der Waals surface area contributed by atoms with Crippen LogP contribution in [0.2, 0.25) is 0 Å². The molecule has 0 fully saturated rings. The van der Waals surface area contributed by atoms with Gasteiger partial charge in [-0.25, -0.2) is 9.78 Å². The van der Waals surface area contributed by atoms with Crippen molar-refractivity contribution in [3.8, 4) is 0 Å². The van der Waals surface area contributed by atoms with Crippen LogP contribution >= 0.6 is 11.3 Å². The van der Waals surface area contributed by atoms with Crippen molar-refractivity contribution in [3.05, 3.63) is 15.6 Å². The summed E-state index contributed by atoms with van der Waals surface area (Å²) in [6.45, 7) is 3.35. The van der Waals surface area contributed by atoms with Crippen LogP contribution < -0.4 is 5.32 Å². The first-order valence-electron chi connectivity index (χ1n) is 5.00. The Morgan fingerprint density at radius 1 is 1.33 bits per heavy atom. The maximum atomic E-state index is 11.8. The summed E-state index contributed by atoms with van der Waals surface area (Å²) < 4.78 is 0. The third-order valence-electron chi connectivity index (χ3n) is 2.09. The van der Waals surface area contributed by atoms with E-state index in [0.717, 1.165) is 11.3 Å². The molecule has 0 aliphatic carbocycles. The van der Waals surface area contributed by atoms with Gasteiger partial charge >= 0.3 is 11.9 Å². The maximum Gasteiger partial charge on any atom is 0.326 e. The molecule has 0 saturated carbocycles. The summed E-state index contributed by atoms with van der Waals surface area (Å²) in [4.78, 5) is 37.4. The van der Waals surface area contributed by atoms with Crippen molar-refractivity contribution >= 4 is 29.2 Å². The van der Waals surface area contributed by atoms with Crippen LogP contribution in [0.25, 0.3) is 0 Å². The topological polar surface area (TPSA) is 117 Å². The van der Waals surface area contributed by atoms with E-state index in [1.807, 2.05) is 0 Å². The lowest BCUT2D eigenvalue weighted by atomic mass is 10.2. The smallest absolute Gasteiger partial charge is 0.326 e. The third-order valence-corrected chi connectivity index (χ3v) is 3.16. The van der Waals surface area contributed by atoms with Gasteiger partial charge in [-0.1, -0.05) is 0 Å². The number of thiazole rings is 1. The fraction of sp³-hybridized carbons (Fsp3) is 0.400. The number of carbonyl (C=O) groups excluding carboxylic acids is 1. The standard InChI is InChI=1S/C10H12N2O5S/c1-4-8(18-5(2)11-4)9(15)12-6(10(16)17)3-7(13)14/h6H,3H2,1-2H3,(H,12,15)(H,13,14)(H,16,17)/t6-/m1/s1. The highest BCUT2D eigenvalue weighted by molar-refractivity contribution is 7.13. The van der Waals surface area contributed by atoms with Gasteiger partial charge < -0.3 is 15.5 Å². The molecule has 0 aliphatic rings. The molecule has 1 heterocycles. The van der Waals surface area contributed by atoms with E-state index in [4.69, 9.17) is 10.2 Å². The SMILES string of the molecule is Cc1nc(C)c(C(=O)N[C@H](CC(=O)O)C(=O)O)s1. The molecule has 1 atom stereocenters. The molecule has 0 aliphatic heterocycles. The number of amides is 1. The molecule has 0 aromatic carbocycles. The van der Waals surface area contributed by atoms with E-state index >= 15 is 0 Å². The summed E-state index contributed by atoms with van der Waals surface area (Å²) in [5.74, 6) is -3.30. The van der Waals surface area contributed by atoms with E-state index in [2.05, 4.69) is 10.3 Å². The highest BCUT2D eigenvalue weighted by atomic mass is 32.1. The molecule has 0 unspecified atom stereocenters. The van der Waals surface area contributed by atoms with Crippen LogP contribution in [-0.2, 0) is 9.59 Å². The first-order valence-corrected chi connectivity index (χ1v) is 5.82. The van der Waals surface area contributed by atoms with Gasteiger partial charge in [0, 0.05) is 0 Å². The van der Waals surface area contributed by atoms with Gasteiger partial charge in [-0.2, -0.15) is 0 Å². The van der Waals surface area contributed by atoms with Gasteiger partial charge in [-0.3, -0.25) is 9.59 Å². The number of hydrogen-bond acceptors (Lipinski definition) is 5. The van der Waals surface area contributed by atoms with Crippen molar-refractivity contribution < 1.29 is 24.6 Å². The average molecular weight is 272 g/mol. The van der Waals surface area contributed by atoms with Gasteiger partial charge in [0.25, 0.3) is 5.91 Å². The van der Waals surface area contributed by atoms with Crippen LogP contribution in [0.3, 0.4) is 0 Å². The lowest BCUT2D eigenvalue weighted by Crippen LogP contribution is -2.42. The Morgan fingerprint density at radius 3 is 2.33 bits per heavy atom. The van der Waals surface area contributed by atoms with Crippen molar-refractivity contribution in [1.29, 1.82) is 0 Å². The third kappa shape index (κ3) is 3.52. The first kappa shape index (κ1) is 14.1. The van der Waals surface area contributed by atoms with Gasteiger partial charge in [0.05, 0.1) is 17.1 Å².